The Morgan fingerprint density at radius 1 is 1.13 bits per heavy atom. The molecule has 2 heterocycles. The lowest BCUT2D eigenvalue weighted by Crippen LogP contribution is -2.25. The summed E-state index contributed by atoms with van der Waals surface area (Å²) >= 11 is 1.65. The first-order valence-electron chi connectivity index (χ1n) is 10.4. The van der Waals surface area contributed by atoms with Crippen LogP contribution in [0.2, 0.25) is 0 Å². The Kier molecular flexibility index (Phi) is 6.92. The summed E-state index contributed by atoms with van der Waals surface area (Å²) in [4.78, 5) is 7.04. The molecule has 0 bridgehead atoms. The van der Waals surface area contributed by atoms with Crippen molar-refractivity contribution in [2.24, 2.45) is 0 Å². The van der Waals surface area contributed by atoms with Crippen LogP contribution in [0.3, 0.4) is 0 Å². The van der Waals surface area contributed by atoms with Crippen molar-refractivity contribution in [3.8, 4) is 22.9 Å². The number of benzene rings is 2. The smallest absolute Gasteiger partial charge is 0.244 e. The minimum atomic E-state index is -0.203. The van der Waals surface area contributed by atoms with Crippen LogP contribution in [0.4, 0.5) is 0 Å². The van der Waals surface area contributed by atoms with Crippen molar-refractivity contribution in [1.29, 1.82) is 0 Å². The monoisotopic (exact) mass is 425 g/mol. The lowest BCUT2D eigenvalue weighted by atomic mass is 10.1. The highest BCUT2D eigenvalue weighted by atomic mass is 32.2. The third-order valence-corrected chi connectivity index (χ3v) is 6.33. The van der Waals surface area contributed by atoms with Crippen LogP contribution in [0.15, 0.2) is 53.1 Å². The molecular formula is C23H27N3O3S. The molecule has 1 aromatic heterocycles. The van der Waals surface area contributed by atoms with Crippen LogP contribution in [0.25, 0.3) is 11.4 Å². The van der Waals surface area contributed by atoms with E-state index in [1.807, 2.05) is 36.4 Å². The molecule has 0 aliphatic carbocycles. The largest absolute Gasteiger partial charge is 0.508 e. The fourth-order valence-electron chi connectivity index (χ4n) is 3.63. The van der Waals surface area contributed by atoms with Gasteiger partial charge >= 0.3 is 0 Å². The molecule has 30 heavy (non-hydrogen) atoms. The zero-order valence-corrected chi connectivity index (χ0v) is 18.0. The summed E-state index contributed by atoms with van der Waals surface area (Å²) in [5.74, 6) is 2.96. The van der Waals surface area contributed by atoms with Crippen molar-refractivity contribution in [3.05, 3.63) is 60.0 Å². The summed E-state index contributed by atoms with van der Waals surface area (Å²) in [7, 11) is 0. The minimum Gasteiger partial charge on any atom is -0.508 e. The lowest BCUT2D eigenvalue weighted by Gasteiger charge is -2.14. The van der Waals surface area contributed by atoms with Crippen molar-refractivity contribution >= 4 is 11.8 Å². The van der Waals surface area contributed by atoms with Gasteiger partial charge in [0.2, 0.25) is 11.7 Å². The third-order valence-electron chi connectivity index (χ3n) is 5.21. The van der Waals surface area contributed by atoms with E-state index >= 15 is 0 Å². The number of thioether (sulfide) groups is 1. The van der Waals surface area contributed by atoms with E-state index < -0.39 is 0 Å². The van der Waals surface area contributed by atoms with Gasteiger partial charge in [0, 0.05) is 17.7 Å². The molecule has 4 rings (SSSR count). The average molecular weight is 426 g/mol. The van der Waals surface area contributed by atoms with E-state index in [0.717, 1.165) is 29.2 Å². The molecule has 158 valence electrons. The number of phenolic OH excluding ortho intramolecular Hbond substituents is 1. The fraction of sp³-hybridized carbons (Fsp3) is 0.391. The number of nitrogens with zero attached hydrogens (tertiary/aromatic N) is 3. The molecule has 2 aromatic carbocycles. The molecule has 0 amide bonds. The predicted octanol–water partition coefficient (Wildman–Crippen LogP) is 4.76. The summed E-state index contributed by atoms with van der Waals surface area (Å²) in [6.45, 7) is 6.10. The third kappa shape index (κ3) is 4.96. The molecule has 3 aromatic rings. The van der Waals surface area contributed by atoms with E-state index in [1.165, 1.54) is 25.9 Å². The van der Waals surface area contributed by atoms with E-state index in [9.17, 15) is 5.11 Å². The summed E-state index contributed by atoms with van der Waals surface area (Å²) in [6.07, 6.45) is 2.59. The predicted molar refractivity (Wildman–Crippen MR) is 119 cm³/mol. The van der Waals surface area contributed by atoms with Gasteiger partial charge in [-0.1, -0.05) is 30.3 Å². The average Bonchev–Trinajstić information content (AvgIpc) is 3.46. The van der Waals surface area contributed by atoms with Gasteiger partial charge < -0.3 is 14.4 Å². The number of hydrogen-bond acceptors (Lipinski definition) is 7. The van der Waals surface area contributed by atoms with Crippen LogP contribution < -0.4 is 4.74 Å². The molecular weight excluding hydrogens is 398 g/mol. The Balaban J connectivity index is 1.43. The SMILES string of the molecule is CCSC(c1nc(-c2ccc(OCCN3CCCC3)cc2)no1)c1ccccc1O. The molecule has 0 radical (unpaired) electrons. The van der Waals surface area contributed by atoms with E-state index in [-0.39, 0.29) is 11.0 Å². The minimum absolute atomic E-state index is 0.203. The number of ether oxygens (including phenoxy) is 1. The second-order valence-electron chi connectivity index (χ2n) is 7.27. The summed E-state index contributed by atoms with van der Waals surface area (Å²) in [5, 5.41) is 14.2. The fourth-order valence-corrected chi connectivity index (χ4v) is 4.58. The molecule has 1 saturated heterocycles. The summed E-state index contributed by atoms with van der Waals surface area (Å²) < 4.78 is 11.4. The van der Waals surface area contributed by atoms with Crippen LogP contribution in [-0.4, -0.2) is 52.1 Å². The van der Waals surface area contributed by atoms with Gasteiger partial charge in [-0.3, -0.25) is 4.90 Å². The molecule has 1 aliphatic rings. The zero-order valence-electron chi connectivity index (χ0n) is 17.2. The van der Waals surface area contributed by atoms with Crippen LogP contribution in [0.5, 0.6) is 11.5 Å². The lowest BCUT2D eigenvalue weighted by molar-refractivity contribution is 0.238. The second kappa shape index (κ2) is 10.00. The summed E-state index contributed by atoms with van der Waals surface area (Å²) in [5.41, 5.74) is 1.65. The number of likely N-dealkylation sites (tertiary alicyclic amines) is 1. The molecule has 0 spiro atoms. The first-order valence-corrected chi connectivity index (χ1v) is 11.5. The normalized spacial score (nSPS) is 15.4. The van der Waals surface area contributed by atoms with Gasteiger partial charge in [0.1, 0.15) is 23.4 Å². The quantitative estimate of drug-likeness (QED) is 0.530. The van der Waals surface area contributed by atoms with Gasteiger partial charge in [-0.2, -0.15) is 4.98 Å². The molecule has 1 fully saturated rings. The maximum absolute atomic E-state index is 10.2. The van der Waals surface area contributed by atoms with Crippen molar-refractivity contribution in [2.75, 3.05) is 32.0 Å². The summed E-state index contributed by atoms with van der Waals surface area (Å²) in [6, 6.07) is 15.1. The number of rotatable bonds is 9. The van der Waals surface area contributed by atoms with Crippen LogP contribution in [0.1, 0.15) is 36.5 Å². The Morgan fingerprint density at radius 3 is 2.63 bits per heavy atom. The van der Waals surface area contributed by atoms with Crippen molar-refractivity contribution in [3.63, 3.8) is 0 Å². The van der Waals surface area contributed by atoms with Crippen molar-refractivity contribution < 1.29 is 14.4 Å². The highest BCUT2D eigenvalue weighted by molar-refractivity contribution is 7.99. The Bertz CT molecular complexity index is 939. The molecule has 0 saturated carbocycles. The van der Waals surface area contributed by atoms with Gasteiger partial charge in [0.15, 0.2) is 0 Å². The number of para-hydroxylation sites is 1. The standard InChI is InChI=1S/C23H27N3O3S/c1-2-30-21(19-7-3-4-8-20(19)27)23-24-22(25-29-23)17-9-11-18(12-10-17)28-16-15-26-13-5-6-14-26/h3-4,7-12,21,27H,2,5-6,13-16H2,1H3. The molecule has 1 atom stereocenters. The highest BCUT2D eigenvalue weighted by Crippen LogP contribution is 2.39. The molecule has 1 N–H and O–H groups in total. The van der Waals surface area contributed by atoms with Crippen LogP contribution in [0, 0.1) is 0 Å². The topological polar surface area (TPSA) is 71.6 Å². The maximum atomic E-state index is 10.2. The van der Waals surface area contributed by atoms with E-state index in [0.29, 0.717) is 18.3 Å². The number of aromatic nitrogens is 2. The Labute approximate surface area is 181 Å². The van der Waals surface area contributed by atoms with Gasteiger partial charge in [-0.25, -0.2) is 0 Å². The molecule has 7 heteroatoms. The maximum Gasteiger partial charge on any atom is 0.244 e. The Hall–Kier alpha value is -2.51. The van der Waals surface area contributed by atoms with Crippen molar-refractivity contribution in [2.45, 2.75) is 25.0 Å². The second-order valence-corrected chi connectivity index (χ2v) is 8.65. The van der Waals surface area contributed by atoms with Gasteiger partial charge in [0.25, 0.3) is 0 Å². The van der Waals surface area contributed by atoms with E-state index in [4.69, 9.17) is 9.26 Å². The molecule has 6 nitrogen and oxygen atoms in total. The van der Waals surface area contributed by atoms with Gasteiger partial charge in [-0.05, 0) is 62.0 Å². The first-order chi connectivity index (χ1) is 14.7. The zero-order chi connectivity index (χ0) is 20.8. The van der Waals surface area contributed by atoms with E-state index in [2.05, 4.69) is 22.0 Å². The van der Waals surface area contributed by atoms with Gasteiger partial charge in [-0.15, -0.1) is 11.8 Å². The van der Waals surface area contributed by atoms with E-state index in [1.54, 1.807) is 23.9 Å². The number of hydrogen-bond donors (Lipinski definition) is 1. The van der Waals surface area contributed by atoms with Crippen LogP contribution >= 0.6 is 11.8 Å². The molecule has 1 unspecified atom stereocenters. The van der Waals surface area contributed by atoms with Crippen molar-refractivity contribution in [1.82, 2.24) is 15.0 Å². The number of phenols is 1. The highest BCUT2D eigenvalue weighted by Gasteiger charge is 2.24. The first kappa shape index (κ1) is 20.8. The number of aromatic hydroxyl groups is 1. The molecule has 1 aliphatic heterocycles. The Morgan fingerprint density at radius 2 is 1.90 bits per heavy atom. The van der Waals surface area contributed by atoms with Gasteiger partial charge in [0.05, 0.1) is 0 Å². The van der Waals surface area contributed by atoms with Crippen LogP contribution in [-0.2, 0) is 0 Å².